The Labute approximate surface area is 137 Å². The second-order valence-corrected chi connectivity index (χ2v) is 8.09. The molecule has 1 atom stereocenters. The van der Waals surface area contributed by atoms with Crippen LogP contribution in [0.3, 0.4) is 0 Å². The van der Waals surface area contributed by atoms with Gasteiger partial charge in [-0.3, -0.25) is 4.79 Å². The summed E-state index contributed by atoms with van der Waals surface area (Å²) in [4.78, 5) is 11.9. The van der Waals surface area contributed by atoms with Gasteiger partial charge in [-0.15, -0.1) is 0 Å². The molecule has 0 saturated carbocycles. The molecule has 0 aromatic carbocycles. The maximum absolute atomic E-state index is 11.9. The predicted molar refractivity (Wildman–Crippen MR) is 94.1 cm³/mol. The number of aliphatic hydroxyl groups is 2. The second-order valence-electron chi connectivity index (χ2n) is 5.53. The van der Waals surface area contributed by atoms with Crippen molar-refractivity contribution in [1.29, 1.82) is 0 Å². The highest BCUT2D eigenvalue weighted by molar-refractivity contribution is 8.03. The van der Waals surface area contributed by atoms with Crippen LogP contribution < -0.4 is 5.32 Å². The number of carbonyl (C=O) groups is 1. The second kappa shape index (κ2) is 12.6. The molecule has 1 amide bonds. The number of rotatable bonds is 13. The van der Waals surface area contributed by atoms with E-state index < -0.39 is 5.54 Å². The van der Waals surface area contributed by atoms with Crippen LogP contribution >= 0.6 is 23.5 Å². The Morgan fingerprint density at radius 2 is 1.81 bits per heavy atom. The minimum atomic E-state index is -0.917. The summed E-state index contributed by atoms with van der Waals surface area (Å²) in [6.07, 6.45) is 3.63. The molecule has 0 heterocycles. The Bertz CT molecular complexity index is 274. The number of carbonyl (C=O) groups excluding carboxylic acids is 1. The molecule has 4 nitrogen and oxygen atoms in total. The number of nitrogens with one attached hydrogen (secondary N) is 1. The first-order valence-corrected chi connectivity index (χ1v) is 9.93. The lowest BCUT2D eigenvalue weighted by Crippen LogP contribution is -2.51. The van der Waals surface area contributed by atoms with Crippen LogP contribution in [0, 0.1) is 0 Å². The summed E-state index contributed by atoms with van der Waals surface area (Å²) in [7, 11) is 0. The fourth-order valence-electron chi connectivity index (χ4n) is 1.68. The Morgan fingerprint density at radius 1 is 1.19 bits per heavy atom. The molecule has 0 fully saturated rings. The summed E-state index contributed by atoms with van der Waals surface area (Å²) < 4.78 is 0. The van der Waals surface area contributed by atoms with Gasteiger partial charge in [-0.1, -0.05) is 13.8 Å². The molecule has 0 saturated heterocycles. The lowest BCUT2D eigenvalue weighted by molar-refractivity contribution is -0.124. The van der Waals surface area contributed by atoms with Crippen molar-refractivity contribution < 1.29 is 15.0 Å². The number of hydrogen-bond donors (Lipinski definition) is 3. The van der Waals surface area contributed by atoms with Crippen molar-refractivity contribution in [2.24, 2.45) is 0 Å². The fraction of sp³-hybridized carbons (Fsp3) is 0.933. The Morgan fingerprint density at radius 3 is 2.33 bits per heavy atom. The van der Waals surface area contributed by atoms with Gasteiger partial charge < -0.3 is 15.5 Å². The lowest BCUT2D eigenvalue weighted by Gasteiger charge is -2.26. The molecule has 126 valence electrons. The zero-order valence-electron chi connectivity index (χ0n) is 13.6. The average molecular weight is 338 g/mol. The molecule has 0 aliphatic rings. The van der Waals surface area contributed by atoms with E-state index in [4.69, 9.17) is 0 Å². The summed E-state index contributed by atoms with van der Waals surface area (Å²) in [5.74, 6) is 3.29. The maximum atomic E-state index is 11.9. The number of aliphatic hydroxyl groups excluding tert-OH is 2. The van der Waals surface area contributed by atoms with Crippen molar-refractivity contribution in [2.75, 3.05) is 30.5 Å². The highest BCUT2D eigenvalue weighted by Gasteiger charge is 2.24. The summed E-state index contributed by atoms with van der Waals surface area (Å²) in [6.45, 7) is 5.49. The molecule has 3 N–H and O–H groups in total. The van der Waals surface area contributed by atoms with Crippen LogP contribution in [0.4, 0.5) is 0 Å². The van der Waals surface area contributed by atoms with Gasteiger partial charge in [0.25, 0.3) is 0 Å². The van der Waals surface area contributed by atoms with E-state index in [9.17, 15) is 15.0 Å². The Kier molecular flexibility index (Phi) is 12.7. The normalized spacial score (nSPS) is 13.2. The van der Waals surface area contributed by atoms with E-state index in [0.29, 0.717) is 11.7 Å². The van der Waals surface area contributed by atoms with Crippen molar-refractivity contribution in [3.05, 3.63) is 0 Å². The first-order chi connectivity index (χ1) is 10.0. The van der Waals surface area contributed by atoms with E-state index in [1.165, 1.54) is 12.2 Å². The van der Waals surface area contributed by atoms with Gasteiger partial charge in [-0.2, -0.15) is 23.5 Å². The van der Waals surface area contributed by atoms with Crippen LogP contribution in [0.5, 0.6) is 0 Å². The molecule has 0 aromatic rings. The molecule has 21 heavy (non-hydrogen) atoms. The Balaban J connectivity index is 4.16. The minimum Gasteiger partial charge on any atom is -0.394 e. The summed E-state index contributed by atoms with van der Waals surface area (Å²) in [5, 5.41) is 21.6. The van der Waals surface area contributed by atoms with Gasteiger partial charge in [-0.05, 0) is 37.7 Å². The van der Waals surface area contributed by atoms with E-state index in [2.05, 4.69) is 19.2 Å². The van der Waals surface area contributed by atoms with Crippen LogP contribution in [-0.4, -0.2) is 57.4 Å². The summed E-state index contributed by atoms with van der Waals surface area (Å²) >= 11 is 3.90. The average Bonchev–Trinajstić information content (AvgIpc) is 2.49. The van der Waals surface area contributed by atoms with Crippen molar-refractivity contribution in [1.82, 2.24) is 5.32 Å². The van der Waals surface area contributed by atoms with Crippen LogP contribution in [0.1, 0.15) is 46.5 Å². The highest BCUT2D eigenvalue weighted by atomic mass is 32.2. The monoisotopic (exact) mass is 337 g/mol. The van der Waals surface area contributed by atoms with Gasteiger partial charge in [-0.25, -0.2) is 0 Å². The predicted octanol–water partition coefficient (Wildman–Crippen LogP) is 2.28. The summed E-state index contributed by atoms with van der Waals surface area (Å²) in [6, 6.07) is 0. The zero-order valence-corrected chi connectivity index (χ0v) is 15.2. The zero-order chi connectivity index (χ0) is 16.1. The van der Waals surface area contributed by atoms with Crippen LogP contribution in [0.15, 0.2) is 0 Å². The van der Waals surface area contributed by atoms with Crippen LogP contribution in [0.2, 0.25) is 0 Å². The van der Waals surface area contributed by atoms with Gasteiger partial charge in [0, 0.05) is 17.4 Å². The summed E-state index contributed by atoms with van der Waals surface area (Å²) in [5.41, 5.74) is -0.917. The first-order valence-electron chi connectivity index (χ1n) is 7.73. The Hall–Kier alpha value is 0.0900. The van der Waals surface area contributed by atoms with Crippen LogP contribution in [0.25, 0.3) is 0 Å². The standard InChI is InChI=1S/C15H31NO3S2/c1-4-8-20-10-13(21-9-5-2)6-7-14(19)16-15(3,11-17)12-18/h13,17-18H,4-12H2,1-3H3,(H,16,19). The quantitative estimate of drug-likeness (QED) is 0.450. The lowest BCUT2D eigenvalue weighted by atomic mass is 10.1. The van der Waals surface area contributed by atoms with Gasteiger partial charge >= 0.3 is 0 Å². The molecule has 0 bridgehead atoms. The van der Waals surface area contributed by atoms with Crippen molar-refractivity contribution in [3.63, 3.8) is 0 Å². The first kappa shape index (κ1) is 21.1. The fourth-order valence-corrected chi connectivity index (χ4v) is 4.09. The number of amides is 1. The molecule has 0 aromatic heterocycles. The van der Waals surface area contributed by atoms with Gasteiger partial charge in [0.1, 0.15) is 0 Å². The maximum Gasteiger partial charge on any atom is 0.220 e. The minimum absolute atomic E-state index is 0.0943. The van der Waals surface area contributed by atoms with Gasteiger partial charge in [0.05, 0.1) is 18.8 Å². The van der Waals surface area contributed by atoms with Gasteiger partial charge in [0.2, 0.25) is 5.91 Å². The van der Waals surface area contributed by atoms with E-state index in [1.807, 2.05) is 23.5 Å². The third-order valence-electron chi connectivity index (χ3n) is 3.04. The molecule has 0 radical (unpaired) electrons. The molecule has 1 unspecified atom stereocenters. The van der Waals surface area contributed by atoms with Crippen LogP contribution in [-0.2, 0) is 4.79 Å². The van der Waals surface area contributed by atoms with Gasteiger partial charge in [0.15, 0.2) is 0 Å². The molecule has 0 aliphatic carbocycles. The topological polar surface area (TPSA) is 69.6 Å². The molecule has 6 heteroatoms. The number of hydrogen-bond acceptors (Lipinski definition) is 5. The number of thioether (sulfide) groups is 2. The smallest absolute Gasteiger partial charge is 0.220 e. The molecular formula is C15H31NO3S2. The van der Waals surface area contributed by atoms with Crippen molar-refractivity contribution >= 4 is 29.4 Å². The van der Waals surface area contributed by atoms with E-state index in [-0.39, 0.29) is 19.1 Å². The molecule has 0 aliphatic heterocycles. The highest BCUT2D eigenvalue weighted by Crippen LogP contribution is 2.22. The van der Waals surface area contributed by atoms with Crippen molar-refractivity contribution in [2.45, 2.75) is 57.2 Å². The molecule has 0 spiro atoms. The third-order valence-corrected chi connectivity index (χ3v) is 6.11. The molecular weight excluding hydrogens is 306 g/mol. The van der Waals surface area contributed by atoms with E-state index >= 15 is 0 Å². The van der Waals surface area contributed by atoms with E-state index in [1.54, 1.807) is 6.92 Å². The van der Waals surface area contributed by atoms with E-state index in [0.717, 1.165) is 24.3 Å². The largest absolute Gasteiger partial charge is 0.394 e. The molecule has 0 rings (SSSR count). The third kappa shape index (κ3) is 10.4. The SMILES string of the molecule is CCCSCC(CCC(=O)NC(C)(CO)CO)SCCC. The van der Waals surface area contributed by atoms with Crippen molar-refractivity contribution in [3.8, 4) is 0 Å².